The Hall–Kier alpha value is -3.15. The molecule has 2 aromatic rings. The molecule has 0 unspecified atom stereocenters. The number of anilines is 1. The van der Waals surface area contributed by atoms with Gasteiger partial charge in [0.1, 0.15) is 12.4 Å². The van der Waals surface area contributed by atoms with Crippen LogP contribution in [0.2, 0.25) is 0 Å². The number of rotatable bonds is 6. The summed E-state index contributed by atoms with van der Waals surface area (Å²) in [6, 6.07) is 8.97. The van der Waals surface area contributed by atoms with Crippen molar-refractivity contribution in [1.29, 1.82) is 0 Å². The molecule has 1 atom stereocenters. The molecule has 6 heteroatoms. The third kappa shape index (κ3) is 5.13. The molecule has 0 spiro atoms. The van der Waals surface area contributed by atoms with E-state index in [0.717, 1.165) is 33.4 Å². The van der Waals surface area contributed by atoms with Gasteiger partial charge in [-0.2, -0.15) is 0 Å². The van der Waals surface area contributed by atoms with Crippen LogP contribution in [0.25, 0.3) is 17.2 Å². The number of halogens is 1. The maximum absolute atomic E-state index is 14.5. The minimum absolute atomic E-state index is 0.162. The van der Waals surface area contributed by atoms with Gasteiger partial charge in [-0.3, -0.25) is 0 Å². The normalized spacial score (nSPS) is 16.2. The summed E-state index contributed by atoms with van der Waals surface area (Å²) >= 11 is 0. The molecule has 0 radical (unpaired) electrons. The number of esters is 1. The van der Waals surface area contributed by atoms with E-state index in [1.807, 2.05) is 46.8 Å². The van der Waals surface area contributed by atoms with Crippen LogP contribution in [0.15, 0.2) is 40.9 Å². The van der Waals surface area contributed by atoms with E-state index in [2.05, 4.69) is 22.4 Å². The minimum atomic E-state index is -0.614. The third-order valence-electron chi connectivity index (χ3n) is 5.17. The van der Waals surface area contributed by atoms with Crippen molar-refractivity contribution in [2.45, 2.75) is 46.7 Å². The highest BCUT2D eigenvalue weighted by Gasteiger charge is 2.27. The highest BCUT2D eigenvalue weighted by Crippen LogP contribution is 2.30. The van der Waals surface area contributed by atoms with E-state index < -0.39 is 12.0 Å². The zero-order valence-corrected chi connectivity index (χ0v) is 18.9. The molecular formula is C25H29FN2O3. The fraction of sp³-hybridized carbons (Fsp3) is 0.360. The van der Waals surface area contributed by atoms with Crippen LogP contribution in [-0.2, 0) is 14.3 Å². The molecule has 0 aromatic heterocycles. The molecule has 3 rings (SSSR count). The average Bonchev–Trinajstić information content (AvgIpc) is 3.21. The highest BCUT2D eigenvalue weighted by atomic mass is 19.1. The van der Waals surface area contributed by atoms with Gasteiger partial charge in [0, 0.05) is 11.6 Å². The molecule has 0 amide bonds. The number of aryl methyl sites for hydroxylation is 2. The van der Waals surface area contributed by atoms with Crippen LogP contribution >= 0.6 is 0 Å². The molecular weight excluding hydrogens is 395 g/mol. The lowest BCUT2D eigenvalue weighted by Gasteiger charge is -2.14. The van der Waals surface area contributed by atoms with Crippen LogP contribution in [-0.4, -0.2) is 37.7 Å². The van der Waals surface area contributed by atoms with Gasteiger partial charge in [0.2, 0.25) is 5.90 Å². The van der Waals surface area contributed by atoms with Crippen LogP contribution in [0.5, 0.6) is 0 Å². The van der Waals surface area contributed by atoms with Crippen LogP contribution in [0, 0.1) is 19.7 Å². The third-order valence-corrected chi connectivity index (χ3v) is 5.17. The summed E-state index contributed by atoms with van der Waals surface area (Å²) in [4.78, 5) is 16.0. The molecule has 0 saturated carbocycles. The van der Waals surface area contributed by atoms with Gasteiger partial charge >= 0.3 is 5.97 Å². The lowest BCUT2D eigenvalue weighted by atomic mass is 9.94. The number of methoxy groups -OCH3 is 1. The average molecular weight is 425 g/mol. The molecule has 0 fully saturated rings. The van der Waals surface area contributed by atoms with Gasteiger partial charge in [0.15, 0.2) is 6.04 Å². The van der Waals surface area contributed by atoms with E-state index in [1.54, 1.807) is 12.1 Å². The monoisotopic (exact) mass is 424 g/mol. The molecule has 164 valence electrons. The van der Waals surface area contributed by atoms with E-state index >= 15 is 0 Å². The zero-order valence-electron chi connectivity index (χ0n) is 18.9. The second kappa shape index (κ2) is 9.33. The maximum Gasteiger partial charge on any atom is 0.334 e. The van der Waals surface area contributed by atoms with Crippen LogP contribution < -0.4 is 5.32 Å². The van der Waals surface area contributed by atoms with E-state index in [1.165, 1.54) is 7.11 Å². The summed E-state index contributed by atoms with van der Waals surface area (Å²) in [6.07, 6.45) is 1.99. The SMILES string of the molecule is COC(=O)[C@H]1COC(C(C)=Cc2cc(C)c(-c3ccc(NC(C)C)c(F)c3)cc2C)=N1. The number of hydrogen-bond acceptors (Lipinski definition) is 5. The Labute approximate surface area is 183 Å². The first-order valence-corrected chi connectivity index (χ1v) is 10.3. The Morgan fingerprint density at radius 3 is 2.65 bits per heavy atom. The molecule has 2 aromatic carbocycles. The van der Waals surface area contributed by atoms with Crippen molar-refractivity contribution in [3.05, 3.63) is 58.4 Å². The van der Waals surface area contributed by atoms with Gasteiger partial charge in [0.25, 0.3) is 0 Å². The van der Waals surface area contributed by atoms with Crippen LogP contribution in [0.3, 0.4) is 0 Å². The number of carbonyl (C=O) groups is 1. The fourth-order valence-corrected chi connectivity index (χ4v) is 3.56. The van der Waals surface area contributed by atoms with Crippen LogP contribution in [0.1, 0.15) is 37.5 Å². The van der Waals surface area contributed by atoms with Crippen molar-refractivity contribution < 1.29 is 18.7 Å². The first-order valence-electron chi connectivity index (χ1n) is 10.3. The summed E-state index contributed by atoms with van der Waals surface area (Å²) in [5.74, 6) is -0.215. The Balaban J connectivity index is 1.88. The Morgan fingerprint density at radius 1 is 1.26 bits per heavy atom. The molecule has 31 heavy (non-hydrogen) atoms. The number of hydrogen-bond donors (Lipinski definition) is 1. The van der Waals surface area contributed by atoms with Gasteiger partial charge < -0.3 is 14.8 Å². The predicted molar refractivity (Wildman–Crippen MR) is 123 cm³/mol. The molecule has 1 aliphatic rings. The quantitative estimate of drug-likeness (QED) is 0.639. The Bertz CT molecular complexity index is 1060. The van der Waals surface area contributed by atoms with Crippen molar-refractivity contribution in [1.82, 2.24) is 0 Å². The van der Waals surface area contributed by atoms with E-state index in [9.17, 15) is 9.18 Å². The molecule has 5 nitrogen and oxygen atoms in total. The van der Waals surface area contributed by atoms with Crippen molar-refractivity contribution in [3.63, 3.8) is 0 Å². The summed E-state index contributed by atoms with van der Waals surface area (Å²) in [6.45, 7) is 10.1. The predicted octanol–water partition coefficient (Wildman–Crippen LogP) is 5.30. The highest BCUT2D eigenvalue weighted by molar-refractivity contribution is 6.00. The zero-order chi connectivity index (χ0) is 22.7. The lowest BCUT2D eigenvalue weighted by Crippen LogP contribution is -2.21. The smallest absolute Gasteiger partial charge is 0.334 e. The summed E-state index contributed by atoms with van der Waals surface area (Å²) in [5.41, 5.74) is 6.27. The maximum atomic E-state index is 14.5. The number of ether oxygens (including phenoxy) is 2. The van der Waals surface area contributed by atoms with E-state index in [4.69, 9.17) is 9.47 Å². The number of benzene rings is 2. The first kappa shape index (κ1) is 22.5. The van der Waals surface area contributed by atoms with E-state index in [-0.39, 0.29) is 18.5 Å². The summed E-state index contributed by atoms with van der Waals surface area (Å²) in [7, 11) is 1.34. The van der Waals surface area contributed by atoms with Crippen LogP contribution in [0.4, 0.5) is 10.1 Å². The molecule has 0 aliphatic carbocycles. The summed E-state index contributed by atoms with van der Waals surface area (Å²) in [5, 5.41) is 3.11. The number of aliphatic imine (C=N–C) groups is 1. The second-order valence-corrected chi connectivity index (χ2v) is 8.13. The van der Waals surface area contributed by atoms with Gasteiger partial charge in [-0.15, -0.1) is 0 Å². The standard InChI is InChI=1S/C25H29FN2O3/c1-14(2)27-22-8-7-18(12-21(22)26)20-11-15(3)19(9-16(20)4)10-17(5)24-28-23(13-31-24)25(29)30-6/h7-12,14,23,27H,13H2,1-6H3/t23-/m1/s1. The van der Waals surface area contributed by atoms with Crippen molar-refractivity contribution in [3.8, 4) is 11.1 Å². The summed E-state index contributed by atoms with van der Waals surface area (Å²) < 4.78 is 24.8. The molecule has 1 aliphatic heterocycles. The van der Waals surface area contributed by atoms with Gasteiger partial charge in [-0.25, -0.2) is 14.2 Å². The van der Waals surface area contributed by atoms with Crippen molar-refractivity contribution >= 4 is 23.6 Å². The topological polar surface area (TPSA) is 59.9 Å². The second-order valence-electron chi connectivity index (χ2n) is 8.13. The lowest BCUT2D eigenvalue weighted by molar-refractivity contribution is -0.142. The molecule has 0 bridgehead atoms. The minimum Gasteiger partial charge on any atom is -0.475 e. The molecule has 0 saturated heterocycles. The number of nitrogens with zero attached hydrogens (tertiary/aromatic N) is 1. The van der Waals surface area contributed by atoms with Gasteiger partial charge in [-0.05, 0) is 80.6 Å². The number of nitrogens with one attached hydrogen (secondary N) is 1. The Morgan fingerprint density at radius 2 is 2.00 bits per heavy atom. The van der Waals surface area contributed by atoms with Gasteiger partial charge in [-0.1, -0.05) is 18.2 Å². The first-order chi connectivity index (χ1) is 14.7. The molecule has 1 heterocycles. The van der Waals surface area contributed by atoms with Gasteiger partial charge in [0.05, 0.1) is 12.8 Å². The largest absolute Gasteiger partial charge is 0.475 e. The number of carbonyl (C=O) groups excluding carboxylic acids is 1. The fourth-order valence-electron chi connectivity index (χ4n) is 3.56. The molecule has 1 N–H and O–H groups in total. The van der Waals surface area contributed by atoms with Crippen molar-refractivity contribution in [2.24, 2.45) is 4.99 Å². The van der Waals surface area contributed by atoms with Crippen molar-refractivity contribution in [2.75, 3.05) is 19.0 Å². The van der Waals surface area contributed by atoms with E-state index in [0.29, 0.717) is 11.6 Å². The Kier molecular flexibility index (Phi) is 6.78.